The minimum absolute atomic E-state index is 0.126. The molecule has 0 radical (unpaired) electrons. The number of aromatic nitrogens is 4. The van der Waals surface area contributed by atoms with E-state index >= 15 is 0 Å². The molecule has 1 aliphatic rings. The van der Waals surface area contributed by atoms with E-state index < -0.39 is 0 Å². The molecule has 0 bridgehead atoms. The molecule has 94 valence electrons. The average Bonchev–Trinajstić information content (AvgIpc) is 2.93. The number of fused-ring (bicyclic) bond motifs is 1. The molecule has 0 saturated carbocycles. The lowest BCUT2D eigenvalue weighted by atomic mass is 10.1. The minimum Gasteiger partial charge on any atom is -0.396 e. The maximum atomic E-state index is 9.14. The van der Waals surface area contributed by atoms with E-state index in [1.54, 1.807) is 6.33 Å². The summed E-state index contributed by atoms with van der Waals surface area (Å²) in [6.45, 7) is 0.152. The van der Waals surface area contributed by atoms with Crippen molar-refractivity contribution in [3.05, 3.63) is 18.5 Å². The molecule has 0 fully saturated rings. The number of hydrogen-bond donors (Lipinski definition) is 3. The maximum Gasteiger partial charge on any atom is 0.224 e. The van der Waals surface area contributed by atoms with Gasteiger partial charge in [-0.3, -0.25) is 0 Å². The second-order valence-electron chi connectivity index (χ2n) is 4.42. The molecule has 0 spiro atoms. The van der Waals surface area contributed by atoms with E-state index in [-0.39, 0.29) is 30.3 Å². The SMILES string of the molecule is Nc1nc(N)c2ncn([C@H]3C=C[C@H](CO)C3)c2n1. The summed E-state index contributed by atoms with van der Waals surface area (Å²) in [5, 5.41) is 9.14. The number of hydrogen-bond acceptors (Lipinski definition) is 6. The van der Waals surface area contributed by atoms with Crippen molar-refractivity contribution >= 4 is 22.9 Å². The Morgan fingerprint density at radius 3 is 2.89 bits per heavy atom. The summed E-state index contributed by atoms with van der Waals surface area (Å²) in [4.78, 5) is 12.3. The van der Waals surface area contributed by atoms with Crippen molar-refractivity contribution in [1.29, 1.82) is 0 Å². The second-order valence-corrected chi connectivity index (χ2v) is 4.42. The standard InChI is InChI=1S/C11H14N6O/c12-9-8-10(16-11(13)15-9)17(5-14-8)7-2-1-6(3-7)4-18/h1-2,5-7,18H,3-4H2,(H4,12,13,15,16)/t6-,7-/m0/s1. The van der Waals surface area contributed by atoms with Gasteiger partial charge in [-0.2, -0.15) is 9.97 Å². The first-order valence-corrected chi connectivity index (χ1v) is 5.73. The Balaban J connectivity index is 2.06. The zero-order valence-electron chi connectivity index (χ0n) is 9.69. The third-order valence-electron chi connectivity index (χ3n) is 3.21. The van der Waals surface area contributed by atoms with Crippen LogP contribution in [0.3, 0.4) is 0 Å². The molecule has 0 amide bonds. The van der Waals surface area contributed by atoms with E-state index in [4.69, 9.17) is 16.6 Å². The van der Waals surface area contributed by atoms with Crippen molar-refractivity contribution in [1.82, 2.24) is 19.5 Å². The van der Waals surface area contributed by atoms with Gasteiger partial charge in [0.15, 0.2) is 11.5 Å². The molecule has 0 aromatic carbocycles. The first-order valence-electron chi connectivity index (χ1n) is 5.73. The molecule has 2 atom stereocenters. The lowest BCUT2D eigenvalue weighted by Crippen LogP contribution is -2.09. The van der Waals surface area contributed by atoms with Crippen LogP contribution < -0.4 is 11.5 Å². The van der Waals surface area contributed by atoms with Gasteiger partial charge >= 0.3 is 0 Å². The van der Waals surface area contributed by atoms with Crippen LogP contribution in [0.2, 0.25) is 0 Å². The van der Waals surface area contributed by atoms with Gasteiger partial charge in [0, 0.05) is 12.5 Å². The van der Waals surface area contributed by atoms with E-state index in [1.165, 1.54) is 0 Å². The van der Waals surface area contributed by atoms with Crippen molar-refractivity contribution in [2.45, 2.75) is 12.5 Å². The van der Waals surface area contributed by atoms with Crippen LogP contribution in [0.25, 0.3) is 11.2 Å². The van der Waals surface area contributed by atoms with E-state index in [0.29, 0.717) is 11.2 Å². The fourth-order valence-corrected chi connectivity index (χ4v) is 2.29. The van der Waals surface area contributed by atoms with Crippen molar-refractivity contribution in [3.63, 3.8) is 0 Å². The van der Waals surface area contributed by atoms with Gasteiger partial charge in [-0.25, -0.2) is 4.98 Å². The van der Waals surface area contributed by atoms with Gasteiger partial charge in [0.25, 0.3) is 0 Å². The second kappa shape index (κ2) is 3.95. The van der Waals surface area contributed by atoms with Crippen molar-refractivity contribution < 1.29 is 5.11 Å². The Bertz CT molecular complexity index is 619. The number of nitrogen functional groups attached to an aromatic ring is 2. The van der Waals surface area contributed by atoms with Gasteiger partial charge in [0.1, 0.15) is 5.52 Å². The third-order valence-corrected chi connectivity index (χ3v) is 3.21. The molecular formula is C11H14N6O. The van der Waals surface area contributed by atoms with Gasteiger partial charge in [0.2, 0.25) is 5.95 Å². The average molecular weight is 246 g/mol. The lowest BCUT2D eigenvalue weighted by molar-refractivity contribution is 0.244. The van der Waals surface area contributed by atoms with E-state index in [9.17, 15) is 0 Å². The fourth-order valence-electron chi connectivity index (χ4n) is 2.29. The highest BCUT2D eigenvalue weighted by molar-refractivity contribution is 5.82. The smallest absolute Gasteiger partial charge is 0.224 e. The number of anilines is 2. The molecule has 0 unspecified atom stereocenters. The first kappa shape index (κ1) is 11.0. The van der Waals surface area contributed by atoms with Gasteiger partial charge in [-0.05, 0) is 6.42 Å². The highest BCUT2D eigenvalue weighted by Crippen LogP contribution is 2.30. The highest BCUT2D eigenvalue weighted by Gasteiger charge is 2.22. The van der Waals surface area contributed by atoms with Crippen LogP contribution in [-0.2, 0) is 0 Å². The summed E-state index contributed by atoms with van der Waals surface area (Å²) in [5.74, 6) is 0.614. The molecular weight excluding hydrogens is 232 g/mol. The minimum atomic E-state index is 0.126. The summed E-state index contributed by atoms with van der Waals surface area (Å²) in [6, 6.07) is 0.126. The Kier molecular flexibility index (Phi) is 2.41. The van der Waals surface area contributed by atoms with E-state index in [0.717, 1.165) is 6.42 Å². The topological polar surface area (TPSA) is 116 Å². The predicted octanol–water partition coefficient (Wildman–Crippen LogP) is 0.100. The zero-order chi connectivity index (χ0) is 12.7. The van der Waals surface area contributed by atoms with Crippen LogP contribution in [0.15, 0.2) is 18.5 Å². The summed E-state index contributed by atoms with van der Waals surface area (Å²) in [6.07, 6.45) is 6.55. The van der Waals surface area contributed by atoms with Crippen LogP contribution in [0.1, 0.15) is 12.5 Å². The number of rotatable bonds is 2. The number of allylic oxidation sites excluding steroid dienone is 1. The number of nitrogens with two attached hydrogens (primary N) is 2. The van der Waals surface area contributed by atoms with Crippen LogP contribution in [-0.4, -0.2) is 31.2 Å². The molecule has 18 heavy (non-hydrogen) atoms. The van der Waals surface area contributed by atoms with Crippen molar-refractivity contribution in [3.8, 4) is 0 Å². The Labute approximate surface area is 103 Å². The summed E-state index contributed by atoms with van der Waals surface area (Å²) in [7, 11) is 0. The normalized spacial score (nSPS) is 22.9. The molecule has 2 aromatic rings. The molecule has 5 N–H and O–H groups in total. The van der Waals surface area contributed by atoms with Crippen LogP contribution in [0.4, 0.5) is 11.8 Å². The predicted molar refractivity (Wildman–Crippen MR) is 67.5 cm³/mol. The third kappa shape index (κ3) is 1.60. The molecule has 7 nitrogen and oxygen atoms in total. The molecule has 2 aromatic heterocycles. The molecule has 2 heterocycles. The summed E-state index contributed by atoms with van der Waals surface area (Å²) < 4.78 is 1.91. The van der Waals surface area contributed by atoms with E-state index in [2.05, 4.69) is 15.0 Å². The monoisotopic (exact) mass is 246 g/mol. The van der Waals surface area contributed by atoms with Gasteiger partial charge in [-0.1, -0.05) is 12.2 Å². The van der Waals surface area contributed by atoms with Crippen molar-refractivity contribution in [2.24, 2.45) is 5.92 Å². The lowest BCUT2D eigenvalue weighted by Gasteiger charge is -2.12. The fraction of sp³-hybridized carbons (Fsp3) is 0.364. The largest absolute Gasteiger partial charge is 0.396 e. The van der Waals surface area contributed by atoms with Crippen LogP contribution in [0, 0.1) is 5.92 Å². The quantitative estimate of drug-likeness (QED) is 0.647. The highest BCUT2D eigenvalue weighted by atomic mass is 16.3. The molecule has 1 aliphatic carbocycles. The maximum absolute atomic E-state index is 9.14. The number of nitrogens with zero attached hydrogens (tertiary/aromatic N) is 4. The van der Waals surface area contributed by atoms with E-state index in [1.807, 2.05) is 16.7 Å². The van der Waals surface area contributed by atoms with Gasteiger partial charge in [0.05, 0.1) is 12.4 Å². The van der Waals surface area contributed by atoms with Crippen molar-refractivity contribution in [2.75, 3.05) is 18.1 Å². The van der Waals surface area contributed by atoms with Gasteiger partial charge < -0.3 is 21.1 Å². The summed E-state index contributed by atoms with van der Waals surface area (Å²) >= 11 is 0. The molecule has 0 aliphatic heterocycles. The molecule has 3 rings (SSSR count). The Hall–Kier alpha value is -2.15. The number of imidazole rings is 1. The van der Waals surface area contributed by atoms with Crippen LogP contribution >= 0.6 is 0 Å². The zero-order valence-corrected chi connectivity index (χ0v) is 9.69. The first-order chi connectivity index (χ1) is 8.69. The Morgan fingerprint density at radius 1 is 1.33 bits per heavy atom. The molecule has 7 heteroatoms. The number of aliphatic hydroxyl groups excluding tert-OH is 1. The number of aliphatic hydroxyl groups is 1. The van der Waals surface area contributed by atoms with Crippen LogP contribution in [0.5, 0.6) is 0 Å². The molecule has 0 saturated heterocycles. The summed E-state index contributed by atoms with van der Waals surface area (Å²) in [5.41, 5.74) is 12.6. The Morgan fingerprint density at radius 2 is 2.17 bits per heavy atom. The van der Waals surface area contributed by atoms with Gasteiger partial charge in [-0.15, -0.1) is 0 Å².